The molecule has 0 aromatic heterocycles. The average molecular weight is 240 g/mol. The van der Waals surface area contributed by atoms with Crippen molar-refractivity contribution in [3.63, 3.8) is 0 Å². The standard InChI is InChI=1S/C12H20N2O3/c15-11(14-7-5-13-6-8-14)9-3-1-2-4-10(9)12(16)17/h9-10,13H,1-8H2,(H,16,17)/t9-,10-/m1/s1. The highest BCUT2D eigenvalue weighted by atomic mass is 16.4. The van der Waals surface area contributed by atoms with Crippen molar-refractivity contribution < 1.29 is 14.7 Å². The molecule has 1 saturated heterocycles. The summed E-state index contributed by atoms with van der Waals surface area (Å²) < 4.78 is 0. The Kier molecular flexibility index (Phi) is 3.99. The highest BCUT2D eigenvalue weighted by Crippen LogP contribution is 2.31. The summed E-state index contributed by atoms with van der Waals surface area (Å²) in [6.07, 6.45) is 3.30. The maximum Gasteiger partial charge on any atom is 0.307 e. The van der Waals surface area contributed by atoms with Gasteiger partial charge in [-0.15, -0.1) is 0 Å². The van der Waals surface area contributed by atoms with Crippen LogP contribution in [0.15, 0.2) is 0 Å². The van der Waals surface area contributed by atoms with E-state index < -0.39 is 11.9 Å². The second kappa shape index (κ2) is 5.49. The second-order valence-electron chi connectivity index (χ2n) is 4.91. The van der Waals surface area contributed by atoms with Gasteiger partial charge < -0.3 is 15.3 Å². The number of hydrogen-bond acceptors (Lipinski definition) is 3. The molecule has 2 rings (SSSR count). The fraction of sp³-hybridized carbons (Fsp3) is 0.833. The number of aliphatic carboxylic acids is 1. The van der Waals surface area contributed by atoms with E-state index in [-0.39, 0.29) is 11.8 Å². The topological polar surface area (TPSA) is 69.6 Å². The number of amides is 1. The van der Waals surface area contributed by atoms with Gasteiger partial charge in [0.2, 0.25) is 5.91 Å². The lowest BCUT2D eigenvalue weighted by atomic mass is 9.78. The van der Waals surface area contributed by atoms with Crippen molar-refractivity contribution in [2.75, 3.05) is 26.2 Å². The van der Waals surface area contributed by atoms with Crippen molar-refractivity contribution in [1.29, 1.82) is 0 Å². The van der Waals surface area contributed by atoms with E-state index in [2.05, 4.69) is 5.32 Å². The first-order valence-corrected chi connectivity index (χ1v) is 6.42. The number of hydrogen-bond donors (Lipinski definition) is 2. The van der Waals surface area contributed by atoms with Crippen LogP contribution in [0.2, 0.25) is 0 Å². The molecule has 2 aliphatic rings. The number of nitrogens with one attached hydrogen (secondary N) is 1. The van der Waals surface area contributed by atoms with Crippen LogP contribution in [-0.4, -0.2) is 48.1 Å². The number of rotatable bonds is 2. The van der Waals surface area contributed by atoms with Crippen LogP contribution in [0.25, 0.3) is 0 Å². The zero-order chi connectivity index (χ0) is 12.3. The van der Waals surface area contributed by atoms with Gasteiger partial charge in [-0.1, -0.05) is 12.8 Å². The smallest absolute Gasteiger partial charge is 0.307 e. The molecule has 1 saturated carbocycles. The largest absolute Gasteiger partial charge is 0.481 e. The third-order valence-electron chi connectivity index (χ3n) is 3.83. The van der Waals surface area contributed by atoms with Crippen molar-refractivity contribution >= 4 is 11.9 Å². The van der Waals surface area contributed by atoms with Gasteiger partial charge in [0.25, 0.3) is 0 Å². The minimum atomic E-state index is -0.807. The molecule has 5 heteroatoms. The van der Waals surface area contributed by atoms with E-state index in [4.69, 9.17) is 0 Å². The van der Waals surface area contributed by atoms with E-state index in [1.165, 1.54) is 0 Å². The highest BCUT2D eigenvalue weighted by molar-refractivity contribution is 5.85. The highest BCUT2D eigenvalue weighted by Gasteiger charge is 2.37. The molecule has 1 amide bonds. The molecule has 0 aromatic carbocycles. The van der Waals surface area contributed by atoms with Crippen LogP contribution in [0.5, 0.6) is 0 Å². The first-order chi connectivity index (χ1) is 8.20. The minimum Gasteiger partial charge on any atom is -0.481 e. The monoisotopic (exact) mass is 240 g/mol. The van der Waals surface area contributed by atoms with Gasteiger partial charge >= 0.3 is 5.97 Å². The predicted molar refractivity (Wildman–Crippen MR) is 62.5 cm³/mol. The van der Waals surface area contributed by atoms with E-state index in [9.17, 15) is 14.7 Å². The van der Waals surface area contributed by atoms with Gasteiger partial charge in [0, 0.05) is 26.2 Å². The zero-order valence-corrected chi connectivity index (χ0v) is 10.0. The van der Waals surface area contributed by atoms with Crippen LogP contribution in [0.3, 0.4) is 0 Å². The first-order valence-electron chi connectivity index (χ1n) is 6.42. The Morgan fingerprint density at radius 3 is 2.24 bits per heavy atom. The minimum absolute atomic E-state index is 0.0543. The van der Waals surface area contributed by atoms with E-state index in [1.54, 1.807) is 0 Å². The molecule has 2 atom stereocenters. The van der Waals surface area contributed by atoms with Crippen LogP contribution < -0.4 is 5.32 Å². The molecular weight excluding hydrogens is 220 g/mol. The Balaban J connectivity index is 2.02. The fourth-order valence-electron chi connectivity index (χ4n) is 2.84. The van der Waals surface area contributed by atoms with Gasteiger partial charge in [-0.2, -0.15) is 0 Å². The molecule has 0 unspecified atom stereocenters. The van der Waals surface area contributed by atoms with Gasteiger partial charge in [-0.3, -0.25) is 9.59 Å². The summed E-state index contributed by atoms with van der Waals surface area (Å²) in [6, 6.07) is 0. The maximum atomic E-state index is 12.3. The Morgan fingerprint density at radius 2 is 1.65 bits per heavy atom. The van der Waals surface area contributed by atoms with Crippen molar-refractivity contribution in [2.45, 2.75) is 25.7 Å². The van der Waals surface area contributed by atoms with E-state index in [0.717, 1.165) is 32.4 Å². The molecule has 1 heterocycles. The van der Waals surface area contributed by atoms with Gasteiger partial charge in [-0.25, -0.2) is 0 Å². The summed E-state index contributed by atoms with van der Waals surface area (Å²) in [6.45, 7) is 3.05. The summed E-state index contributed by atoms with van der Waals surface area (Å²) in [5.41, 5.74) is 0. The number of carboxylic acids is 1. The third-order valence-corrected chi connectivity index (χ3v) is 3.83. The second-order valence-corrected chi connectivity index (χ2v) is 4.91. The van der Waals surface area contributed by atoms with Crippen molar-refractivity contribution in [3.8, 4) is 0 Å². The van der Waals surface area contributed by atoms with Gasteiger partial charge in [-0.05, 0) is 12.8 Å². The molecule has 0 spiro atoms. The van der Waals surface area contributed by atoms with Crippen molar-refractivity contribution in [3.05, 3.63) is 0 Å². The van der Waals surface area contributed by atoms with Crippen LogP contribution in [0, 0.1) is 11.8 Å². The van der Waals surface area contributed by atoms with Crippen LogP contribution in [0.4, 0.5) is 0 Å². The van der Waals surface area contributed by atoms with Gasteiger partial charge in [0.05, 0.1) is 11.8 Å². The van der Waals surface area contributed by atoms with Gasteiger partial charge in [0.15, 0.2) is 0 Å². The van der Waals surface area contributed by atoms with Crippen LogP contribution >= 0.6 is 0 Å². The third kappa shape index (κ3) is 2.77. The normalized spacial score (nSPS) is 30.0. The molecule has 0 bridgehead atoms. The number of carbonyl (C=O) groups is 2. The number of nitrogens with zero attached hydrogens (tertiary/aromatic N) is 1. The Hall–Kier alpha value is -1.10. The molecule has 96 valence electrons. The summed E-state index contributed by atoms with van der Waals surface area (Å²) in [5, 5.41) is 12.4. The summed E-state index contributed by atoms with van der Waals surface area (Å²) in [5.74, 6) is -1.51. The lowest BCUT2D eigenvalue weighted by Gasteiger charge is -2.34. The van der Waals surface area contributed by atoms with Crippen molar-refractivity contribution in [1.82, 2.24) is 10.2 Å². The van der Waals surface area contributed by atoms with E-state index >= 15 is 0 Å². The molecule has 5 nitrogen and oxygen atoms in total. The molecule has 0 aromatic rings. The molecule has 2 N–H and O–H groups in total. The predicted octanol–water partition coefficient (Wildman–Crippen LogP) is 0.309. The lowest BCUT2D eigenvalue weighted by molar-refractivity contribution is -0.152. The lowest BCUT2D eigenvalue weighted by Crippen LogP contribution is -2.50. The van der Waals surface area contributed by atoms with Crippen LogP contribution in [0.1, 0.15) is 25.7 Å². The summed E-state index contributed by atoms with van der Waals surface area (Å²) in [4.78, 5) is 25.3. The Labute approximate surface area is 101 Å². The molecule has 1 aliphatic carbocycles. The average Bonchev–Trinajstić information content (AvgIpc) is 2.39. The molecule has 2 fully saturated rings. The number of carboxylic acid groups (broad SMARTS) is 1. The molecular formula is C12H20N2O3. The molecule has 1 aliphatic heterocycles. The van der Waals surface area contributed by atoms with E-state index in [1.807, 2.05) is 4.90 Å². The zero-order valence-electron chi connectivity index (χ0n) is 10.0. The number of piperazine rings is 1. The molecule has 0 radical (unpaired) electrons. The Morgan fingerprint density at radius 1 is 1.06 bits per heavy atom. The summed E-state index contributed by atoms with van der Waals surface area (Å²) >= 11 is 0. The molecule has 17 heavy (non-hydrogen) atoms. The fourth-order valence-corrected chi connectivity index (χ4v) is 2.84. The van der Waals surface area contributed by atoms with Crippen molar-refractivity contribution in [2.24, 2.45) is 11.8 Å². The van der Waals surface area contributed by atoms with E-state index in [0.29, 0.717) is 19.5 Å². The number of carbonyl (C=O) groups excluding carboxylic acids is 1. The quantitative estimate of drug-likeness (QED) is 0.729. The maximum absolute atomic E-state index is 12.3. The Bertz CT molecular complexity index is 300. The first kappa shape index (κ1) is 12.4. The summed E-state index contributed by atoms with van der Waals surface area (Å²) in [7, 11) is 0. The van der Waals surface area contributed by atoms with Crippen LogP contribution in [-0.2, 0) is 9.59 Å². The van der Waals surface area contributed by atoms with Gasteiger partial charge in [0.1, 0.15) is 0 Å². The SMILES string of the molecule is O=C(O)[C@@H]1CCCC[C@H]1C(=O)N1CCNCC1.